The zero-order valence-electron chi connectivity index (χ0n) is 12.3. The Morgan fingerprint density at radius 1 is 1.26 bits per heavy atom. The van der Waals surface area contributed by atoms with E-state index in [1.165, 1.54) is 0 Å². The van der Waals surface area contributed by atoms with Crippen LogP contribution in [0.2, 0.25) is 5.02 Å². The highest BCUT2D eigenvalue weighted by Gasteiger charge is 2.25. The van der Waals surface area contributed by atoms with Crippen LogP contribution in [0.25, 0.3) is 0 Å². The summed E-state index contributed by atoms with van der Waals surface area (Å²) in [7, 11) is 0. The molecule has 2 nitrogen and oxygen atoms in total. The molecule has 1 rings (SSSR count). The van der Waals surface area contributed by atoms with E-state index in [0.29, 0.717) is 10.0 Å². The lowest BCUT2D eigenvalue weighted by molar-refractivity contribution is 0.302. The number of halogens is 1. The molecule has 1 aromatic carbocycles. The first-order valence-electron chi connectivity index (χ1n) is 6.38. The smallest absolute Gasteiger partial charge is 0.104 e. The number of anilines is 1. The first-order chi connectivity index (χ1) is 8.50. The Bertz CT molecular complexity index is 476. The number of hydrogen-bond acceptors (Lipinski definition) is 2. The average molecular weight is 299 g/mol. The molecular formula is C15H23ClN2S. The topological polar surface area (TPSA) is 38.0 Å². The van der Waals surface area contributed by atoms with E-state index in [0.717, 1.165) is 17.7 Å². The molecule has 0 saturated heterocycles. The fourth-order valence-corrected chi connectivity index (χ4v) is 2.86. The molecule has 0 fully saturated rings. The maximum atomic E-state index is 6.27. The molecule has 0 unspecified atom stereocenters. The second-order valence-corrected chi connectivity index (χ2v) is 7.65. The van der Waals surface area contributed by atoms with E-state index >= 15 is 0 Å². The van der Waals surface area contributed by atoms with Gasteiger partial charge in [-0.3, -0.25) is 0 Å². The summed E-state index contributed by atoms with van der Waals surface area (Å²) in [5.41, 5.74) is 7.52. The van der Waals surface area contributed by atoms with Gasteiger partial charge < -0.3 is 11.1 Å². The predicted octanol–water partition coefficient (Wildman–Crippen LogP) is 4.60. The number of hydrogen-bond donors (Lipinski definition) is 2. The van der Waals surface area contributed by atoms with Gasteiger partial charge in [0.05, 0.1) is 10.7 Å². The van der Waals surface area contributed by atoms with E-state index in [1.54, 1.807) is 6.07 Å². The number of nitrogens with one attached hydrogen (secondary N) is 1. The van der Waals surface area contributed by atoms with Crippen LogP contribution in [-0.4, -0.2) is 10.5 Å². The summed E-state index contributed by atoms with van der Waals surface area (Å²) in [5, 5.41) is 4.14. The highest BCUT2D eigenvalue weighted by atomic mass is 35.5. The van der Waals surface area contributed by atoms with E-state index in [2.05, 4.69) is 39.9 Å². The molecule has 0 aliphatic carbocycles. The van der Waals surface area contributed by atoms with E-state index < -0.39 is 0 Å². The zero-order chi connectivity index (χ0) is 14.8. The lowest BCUT2D eigenvalue weighted by atomic mass is 9.81. The van der Waals surface area contributed by atoms with Crippen LogP contribution in [0.1, 0.15) is 46.6 Å². The van der Waals surface area contributed by atoms with E-state index in [4.69, 9.17) is 29.6 Å². The van der Waals surface area contributed by atoms with Gasteiger partial charge in [0, 0.05) is 11.1 Å². The molecule has 0 radical (unpaired) electrons. The predicted molar refractivity (Wildman–Crippen MR) is 89.1 cm³/mol. The first-order valence-corrected chi connectivity index (χ1v) is 7.16. The molecule has 3 N–H and O–H groups in total. The van der Waals surface area contributed by atoms with Crippen LogP contribution in [0, 0.1) is 5.41 Å². The number of rotatable bonds is 4. The summed E-state index contributed by atoms with van der Waals surface area (Å²) in [4.78, 5) is 0.363. The maximum Gasteiger partial charge on any atom is 0.104 e. The minimum absolute atomic E-state index is 0.0351. The molecule has 0 aromatic heterocycles. The van der Waals surface area contributed by atoms with Gasteiger partial charge in [0.15, 0.2) is 0 Å². The Hall–Kier alpha value is -0.800. The lowest BCUT2D eigenvalue weighted by Crippen LogP contribution is -2.35. The van der Waals surface area contributed by atoms with Crippen molar-refractivity contribution in [3.05, 3.63) is 28.8 Å². The Morgan fingerprint density at radius 3 is 2.26 bits per heavy atom. The van der Waals surface area contributed by atoms with Gasteiger partial charge in [-0.25, -0.2) is 0 Å². The molecule has 0 amide bonds. The van der Waals surface area contributed by atoms with Crippen molar-refractivity contribution in [1.82, 2.24) is 0 Å². The molecule has 106 valence electrons. The van der Waals surface area contributed by atoms with Crippen molar-refractivity contribution in [1.29, 1.82) is 0 Å². The molecule has 19 heavy (non-hydrogen) atoms. The molecule has 0 spiro atoms. The SMILES string of the molecule is CC(C)(C)CC(C)(C)Nc1ccc(C(N)=S)cc1Cl. The molecule has 0 atom stereocenters. The van der Waals surface area contributed by atoms with E-state index in [-0.39, 0.29) is 11.0 Å². The number of nitrogens with two attached hydrogens (primary N) is 1. The Morgan fingerprint density at radius 2 is 1.84 bits per heavy atom. The summed E-state index contributed by atoms with van der Waals surface area (Å²) < 4.78 is 0. The first kappa shape index (κ1) is 16.3. The van der Waals surface area contributed by atoms with Crippen molar-refractivity contribution in [3.63, 3.8) is 0 Å². The van der Waals surface area contributed by atoms with Crippen molar-refractivity contribution < 1.29 is 0 Å². The highest BCUT2D eigenvalue weighted by Crippen LogP contribution is 2.32. The summed E-state index contributed by atoms with van der Waals surface area (Å²) in [6.45, 7) is 11.0. The average Bonchev–Trinajstić information content (AvgIpc) is 2.16. The van der Waals surface area contributed by atoms with Crippen molar-refractivity contribution in [2.75, 3.05) is 5.32 Å². The molecule has 0 aliphatic rings. The summed E-state index contributed by atoms with van der Waals surface area (Å²) >= 11 is 11.2. The van der Waals surface area contributed by atoms with Gasteiger partial charge in [-0.2, -0.15) is 0 Å². The van der Waals surface area contributed by atoms with Crippen LogP contribution < -0.4 is 11.1 Å². The standard InChI is InChI=1S/C15H23ClN2S/c1-14(2,3)9-15(4,5)18-12-7-6-10(13(17)19)8-11(12)16/h6-8,18H,9H2,1-5H3,(H2,17,19). The van der Waals surface area contributed by atoms with Crippen LogP contribution in [0.3, 0.4) is 0 Å². The Kier molecular flexibility index (Phi) is 4.86. The summed E-state index contributed by atoms with van der Waals surface area (Å²) in [5.74, 6) is 0. The highest BCUT2D eigenvalue weighted by molar-refractivity contribution is 7.80. The fourth-order valence-electron chi connectivity index (χ4n) is 2.50. The molecule has 0 saturated carbocycles. The van der Waals surface area contributed by atoms with Crippen molar-refractivity contribution >= 4 is 34.5 Å². The molecule has 0 aliphatic heterocycles. The van der Waals surface area contributed by atoms with Gasteiger partial charge in [-0.1, -0.05) is 44.6 Å². The van der Waals surface area contributed by atoms with Gasteiger partial charge in [0.1, 0.15) is 4.99 Å². The number of benzene rings is 1. The van der Waals surface area contributed by atoms with Crippen molar-refractivity contribution in [3.8, 4) is 0 Å². The van der Waals surface area contributed by atoms with Crippen LogP contribution in [-0.2, 0) is 0 Å². The van der Waals surface area contributed by atoms with Gasteiger partial charge in [0.2, 0.25) is 0 Å². The van der Waals surface area contributed by atoms with E-state index in [1.807, 2.05) is 12.1 Å². The molecule has 0 bridgehead atoms. The van der Waals surface area contributed by atoms with Crippen molar-refractivity contribution in [2.24, 2.45) is 11.1 Å². The normalized spacial score (nSPS) is 12.3. The Labute approximate surface area is 126 Å². The second-order valence-electron chi connectivity index (χ2n) is 6.81. The van der Waals surface area contributed by atoms with Crippen LogP contribution in [0.5, 0.6) is 0 Å². The lowest BCUT2D eigenvalue weighted by Gasteiger charge is -2.34. The van der Waals surface area contributed by atoms with Gasteiger partial charge >= 0.3 is 0 Å². The zero-order valence-corrected chi connectivity index (χ0v) is 13.9. The third-order valence-electron chi connectivity index (χ3n) is 2.70. The minimum atomic E-state index is -0.0351. The second kappa shape index (κ2) is 5.68. The molecular weight excluding hydrogens is 276 g/mol. The maximum absolute atomic E-state index is 6.27. The Balaban J connectivity index is 2.91. The van der Waals surface area contributed by atoms with Gasteiger partial charge in [-0.15, -0.1) is 0 Å². The van der Waals surface area contributed by atoms with Gasteiger partial charge in [-0.05, 0) is 43.9 Å². The van der Waals surface area contributed by atoms with E-state index in [9.17, 15) is 0 Å². The van der Waals surface area contributed by atoms with Crippen LogP contribution in [0.4, 0.5) is 5.69 Å². The summed E-state index contributed by atoms with van der Waals surface area (Å²) in [6.07, 6.45) is 1.04. The molecule has 0 heterocycles. The molecule has 4 heteroatoms. The van der Waals surface area contributed by atoms with Crippen LogP contribution >= 0.6 is 23.8 Å². The monoisotopic (exact) mass is 298 g/mol. The number of thiocarbonyl (C=S) groups is 1. The summed E-state index contributed by atoms with van der Waals surface area (Å²) in [6, 6.07) is 5.63. The van der Waals surface area contributed by atoms with Gasteiger partial charge in [0.25, 0.3) is 0 Å². The third kappa shape index (κ3) is 5.37. The molecule has 1 aromatic rings. The van der Waals surface area contributed by atoms with Crippen LogP contribution in [0.15, 0.2) is 18.2 Å². The fraction of sp³-hybridized carbons (Fsp3) is 0.533. The largest absolute Gasteiger partial charge is 0.389 e. The third-order valence-corrected chi connectivity index (χ3v) is 3.25. The van der Waals surface area contributed by atoms with Crippen molar-refractivity contribution in [2.45, 2.75) is 46.6 Å². The minimum Gasteiger partial charge on any atom is -0.389 e. The quantitative estimate of drug-likeness (QED) is 0.798.